The van der Waals surface area contributed by atoms with E-state index in [0.29, 0.717) is 22.9 Å². The molecule has 0 aliphatic rings. The van der Waals surface area contributed by atoms with E-state index in [0.717, 1.165) is 5.69 Å². The second-order valence-corrected chi connectivity index (χ2v) is 4.50. The van der Waals surface area contributed by atoms with Crippen LogP contribution in [0.1, 0.15) is 16.2 Å². The van der Waals surface area contributed by atoms with Crippen molar-refractivity contribution in [2.75, 3.05) is 7.11 Å². The van der Waals surface area contributed by atoms with Gasteiger partial charge in [0.05, 0.1) is 18.5 Å². The third-order valence-corrected chi connectivity index (χ3v) is 3.12. The number of methoxy groups -OCH3 is 1. The Morgan fingerprint density at radius 3 is 2.81 bits per heavy atom. The number of pyridine rings is 1. The lowest BCUT2D eigenvalue weighted by Gasteiger charge is -2.06. The van der Waals surface area contributed by atoms with Gasteiger partial charge in [0.15, 0.2) is 11.3 Å². The van der Waals surface area contributed by atoms with Crippen molar-refractivity contribution in [1.29, 1.82) is 0 Å². The van der Waals surface area contributed by atoms with Crippen molar-refractivity contribution in [2.45, 2.75) is 6.92 Å². The maximum absolute atomic E-state index is 11.4. The first kappa shape index (κ1) is 13.0. The lowest BCUT2D eigenvalue weighted by atomic mass is 10.2. The van der Waals surface area contributed by atoms with Crippen molar-refractivity contribution in [3.63, 3.8) is 0 Å². The van der Waals surface area contributed by atoms with E-state index in [1.54, 1.807) is 17.6 Å². The lowest BCUT2D eigenvalue weighted by molar-refractivity contribution is 0.0997. The number of fused-ring (bicyclic) bond motifs is 1. The molecule has 21 heavy (non-hydrogen) atoms. The van der Waals surface area contributed by atoms with Crippen molar-refractivity contribution >= 4 is 11.6 Å². The zero-order valence-electron chi connectivity index (χ0n) is 11.6. The number of carbonyl (C=O) groups excluding carboxylic acids is 1. The minimum atomic E-state index is -0.611. The maximum Gasteiger partial charge on any atom is 0.271 e. The summed E-state index contributed by atoms with van der Waals surface area (Å²) < 4.78 is 6.82. The molecule has 2 N–H and O–H groups in total. The number of carbonyl (C=O) groups is 1. The van der Waals surface area contributed by atoms with E-state index < -0.39 is 5.91 Å². The van der Waals surface area contributed by atoms with Gasteiger partial charge in [-0.05, 0) is 19.1 Å². The van der Waals surface area contributed by atoms with E-state index in [9.17, 15) is 4.79 Å². The summed E-state index contributed by atoms with van der Waals surface area (Å²) in [6.45, 7) is 1.89. The number of hydrogen-bond acceptors (Lipinski definition) is 5. The Morgan fingerprint density at radius 2 is 2.10 bits per heavy atom. The summed E-state index contributed by atoms with van der Waals surface area (Å²) in [7, 11) is 1.55. The van der Waals surface area contributed by atoms with Crippen molar-refractivity contribution in [3.05, 3.63) is 42.0 Å². The highest BCUT2D eigenvalue weighted by molar-refractivity contribution is 5.97. The van der Waals surface area contributed by atoms with Crippen LogP contribution in [0.3, 0.4) is 0 Å². The molecule has 106 valence electrons. The average Bonchev–Trinajstić information content (AvgIpc) is 2.92. The van der Waals surface area contributed by atoms with E-state index in [1.807, 2.05) is 25.1 Å². The third kappa shape index (κ3) is 2.18. The number of nitrogens with two attached hydrogens (primary N) is 1. The molecule has 3 aromatic rings. The molecular weight excluding hydrogens is 270 g/mol. The normalized spacial score (nSPS) is 10.8. The van der Waals surface area contributed by atoms with Crippen LogP contribution in [0.4, 0.5) is 0 Å². The van der Waals surface area contributed by atoms with E-state index in [-0.39, 0.29) is 5.69 Å². The first-order chi connectivity index (χ1) is 10.1. The number of hydrogen-bond donors (Lipinski definition) is 1. The van der Waals surface area contributed by atoms with Gasteiger partial charge in [-0.25, -0.2) is 15.0 Å². The van der Waals surface area contributed by atoms with Crippen LogP contribution in [0.2, 0.25) is 0 Å². The number of aryl methyl sites for hydroxylation is 1. The molecule has 0 spiro atoms. The number of rotatable bonds is 3. The summed E-state index contributed by atoms with van der Waals surface area (Å²) in [6.07, 6.45) is 1.53. The van der Waals surface area contributed by atoms with Crippen LogP contribution in [0.25, 0.3) is 17.0 Å². The molecule has 0 atom stereocenters. The highest BCUT2D eigenvalue weighted by Crippen LogP contribution is 2.21. The summed E-state index contributed by atoms with van der Waals surface area (Å²) in [5.41, 5.74) is 8.03. The number of imidazole rings is 1. The summed E-state index contributed by atoms with van der Waals surface area (Å²) in [5, 5.41) is 0. The van der Waals surface area contributed by atoms with E-state index in [1.165, 1.54) is 6.33 Å². The maximum atomic E-state index is 11.4. The molecule has 0 saturated carbocycles. The third-order valence-electron chi connectivity index (χ3n) is 3.12. The van der Waals surface area contributed by atoms with Crippen molar-refractivity contribution in [1.82, 2.24) is 19.4 Å². The molecule has 0 bridgehead atoms. The van der Waals surface area contributed by atoms with Gasteiger partial charge in [-0.3, -0.25) is 9.20 Å². The van der Waals surface area contributed by atoms with Crippen LogP contribution in [-0.4, -0.2) is 32.4 Å². The molecule has 1 amide bonds. The Balaban J connectivity index is 2.23. The Morgan fingerprint density at radius 1 is 1.29 bits per heavy atom. The molecule has 7 heteroatoms. The van der Waals surface area contributed by atoms with Gasteiger partial charge in [-0.2, -0.15) is 0 Å². The highest BCUT2D eigenvalue weighted by Gasteiger charge is 2.15. The number of amides is 1. The summed E-state index contributed by atoms with van der Waals surface area (Å²) in [5.74, 6) is -0.115. The number of primary amides is 1. The number of nitrogens with zero attached hydrogens (tertiary/aromatic N) is 4. The van der Waals surface area contributed by atoms with Gasteiger partial charge in [0.2, 0.25) is 5.88 Å². The Hall–Kier alpha value is -2.96. The van der Waals surface area contributed by atoms with E-state index in [2.05, 4.69) is 15.0 Å². The molecule has 0 radical (unpaired) electrons. The zero-order chi connectivity index (χ0) is 15.0. The van der Waals surface area contributed by atoms with Gasteiger partial charge in [-0.1, -0.05) is 6.07 Å². The quantitative estimate of drug-likeness (QED) is 0.779. The monoisotopic (exact) mass is 283 g/mol. The van der Waals surface area contributed by atoms with Crippen LogP contribution < -0.4 is 10.5 Å². The molecule has 0 unspecified atom stereocenters. The van der Waals surface area contributed by atoms with Gasteiger partial charge in [0.25, 0.3) is 5.91 Å². The standard InChI is InChI=1S/C14H13N5O2/c1-8-6-10(9-4-3-5-11(17-9)21-2)18-14-12(13(15)20)16-7-19(8)14/h3-7H,1-2H3,(H2,15,20). The molecule has 3 rings (SSSR count). The molecular formula is C14H13N5O2. The summed E-state index contributed by atoms with van der Waals surface area (Å²) in [4.78, 5) is 24.2. The summed E-state index contributed by atoms with van der Waals surface area (Å²) >= 11 is 0. The fourth-order valence-electron chi connectivity index (χ4n) is 2.10. The molecule has 0 aliphatic heterocycles. The Labute approximate surface area is 120 Å². The second-order valence-electron chi connectivity index (χ2n) is 4.50. The smallest absolute Gasteiger partial charge is 0.271 e. The van der Waals surface area contributed by atoms with Crippen LogP contribution in [0.15, 0.2) is 30.6 Å². The zero-order valence-corrected chi connectivity index (χ0v) is 11.6. The van der Waals surface area contributed by atoms with Gasteiger partial charge < -0.3 is 10.5 Å². The van der Waals surface area contributed by atoms with Crippen molar-refractivity contribution in [2.24, 2.45) is 5.73 Å². The second kappa shape index (κ2) is 4.86. The van der Waals surface area contributed by atoms with Gasteiger partial charge in [0.1, 0.15) is 6.33 Å². The summed E-state index contributed by atoms with van der Waals surface area (Å²) in [6, 6.07) is 7.26. The van der Waals surface area contributed by atoms with Crippen LogP contribution >= 0.6 is 0 Å². The number of aromatic nitrogens is 4. The van der Waals surface area contributed by atoms with Crippen molar-refractivity contribution in [3.8, 4) is 17.3 Å². The Bertz CT molecular complexity index is 840. The van der Waals surface area contributed by atoms with Gasteiger partial charge in [0, 0.05) is 11.8 Å². The molecule has 0 saturated heterocycles. The van der Waals surface area contributed by atoms with E-state index in [4.69, 9.17) is 10.5 Å². The molecule has 3 heterocycles. The first-order valence-corrected chi connectivity index (χ1v) is 6.26. The van der Waals surface area contributed by atoms with Crippen LogP contribution in [-0.2, 0) is 0 Å². The Kier molecular flexibility index (Phi) is 3.02. The lowest BCUT2D eigenvalue weighted by Crippen LogP contribution is -2.12. The van der Waals surface area contributed by atoms with Crippen molar-refractivity contribution < 1.29 is 9.53 Å². The molecule has 7 nitrogen and oxygen atoms in total. The molecule has 0 aliphatic carbocycles. The molecule has 0 fully saturated rings. The highest BCUT2D eigenvalue weighted by atomic mass is 16.5. The SMILES string of the molecule is COc1cccc(-c2cc(C)n3cnc(C(N)=O)c3n2)n1. The van der Waals surface area contributed by atoms with E-state index >= 15 is 0 Å². The topological polar surface area (TPSA) is 95.4 Å². The largest absolute Gasteiger partial charge is 0.481 e. The fourth-order valence-corrected chi connectivity index (χ4v) is 2.10. The predicted octanol–water partition coefficient (Wildman–Crippen LogP) is 1.21. The minimum absolute atomic E-state index is 0.142. The first-order valence-electron chi connectivity index (χ1n) is 6.26. The molecule has 3 aromatic heterocycles. The van der Waals surface area contributed by atoms with Gasteiger partial charge in [-0.15, -0.1) is 0 Å². The van der Waals surface area contributed by atoms with Gasteiger partial charge >= 0.3 is 0 Å². The number of ether oxygens (including phenoxy) is 1. The predicted molar refractivity (Wildman–Crippen MR) is 76.0 cm³/mol. The minimum Gasteiger partial charge on any atom is -0.481 e. The van der Waals surface area contributed by atoms with Crippen LogP contribution in [0.5, 0.6) is 5.88 Å². The molecule has 0 aromatic carbocycles. The average molecular weight is 283 g/mol. The van der Waals surface area contributed by atoms with Crippen LogP contribution in [0, 0.1) is 6.92 Å². The fraction of sp³-hybridized carbons (Fsp3) is 0.143.